The van der Waals surface area contributed by atoms with Crippen LogP contribution in [0.3, 0.4) is 0 Å². The molecule has 100 valence electrons. The molecule has 0 saturated carbocycles. The maximum atomic E-state index is 12.0. The predicted octanol–water partition coefficient (Wildman–Crippen LogP) is 0.846. The molecule has 2 aromatic heterocycles. The smallest absolute Gasteiger partial charge is 0.242 e. The molecule has 7 heteroatoms. The highest BCUT2D eigenvalue weighted by molar-refractivity contribution is 7.89. The number of hydrogen-bond acceptors (Lipinski definition) is 5. The molecule has 2 aromatic rings. The van der Waals surface area contributed by atoms with Crippen LogP contribution in [0, 0.1) is 6.92 Å². The first kappa shape index (κ1) is 13.4. The minimum absolute atomic E-state index is 0.0911. The van der Waals surface area contributed by atoms with E-state index in [4.69, 9.17) is 5.73 Å². The van der Waals surface area contributed by atoms with Gasteiger partial charge < -0.3 is 5.73 Å². The van der Waals surface area contributed by atoms with E-state index in [1.807, 2.05) is 6.92 Å². The molecular formula is C12H14N4O2S. The Morgan fingerprint density at radius 1 is 1.26 bits per heavy atom. The van der Waals surface area contributed by atoms with Crippen molar-refractivity contribution >= 4 is 15.8 Å². The highest BCUT2D eigenvalue weighted by atomic mass is 32.2. The highest BCUT2D eigenvalue weighted by Crippen LogP contribution is 2.10. The summed E-state index contributed by atoms with van der Waals surface area (Å²) < 4.78 is 26.6. The summed E-state index contributed by atoms with van der Waals surface area (Å²) in [5.41, 5.74) is 7.23. The van der Waals surface area contributed by atoms with Gasteiger partial charge >= 0.3 is 0 Å². The zero-order valence-electron chi connectivity index (χ0n) is 10.4. The first-order chi connectivity index (χ1) is 8.99. The second kappa shape index (κ2) is 5.33. The van der Waals surface area contributed by atoms with E-state index in [9.17, 15) is 8.42 Å². The Morgan fingerprint density at radius 3 is 2.68 bits per heavy atom. The summed E-state index contributed by atoms with van der Waals surface area (Å²) in [6.45, 7) is 2.09. The van der Waals surface area contributed by atoms with Gasteiger partial charge in [-0.3, -0.25) is 4.98 Å². The van der Waals surface area contributed by atoms with Gasteiger partial charge in [0.05, 0.1) is 0 Å². The van der Waals surface area contributed by atoms with Crippen molar-refractivity contribution in [2.75, 3.05) is 5.73 Å². The van der Waals surface area contributed by atoms with Crippen molar-refractivity contribution in [1.29, 1.82) is 0 Å². The minimum Gasteiger partial charge on any atom is -0.384 e. The van der Waals surface area contributed by atoms with E-state index in [1.54, 1.807) is 18.5 Å². The summed E-state index contributed by atoms with van der Waals surface area (Å²) in [6.07, 6.45) is 4.55. The Labute approximate surface area is 111 Å². The van der Waals surface area contributed by atoms with E-state index in [0.29, 0.717) is 0 Å². The van der Waals surface area contributed by atoms with Crippen LogP contribution in [0.1, 0.15) is 11.1 Å². The predicted molar refractivity (Wildman–Crippen MR) is 71.6 cm³/mol. The summed E-state index contributed by atoms with van der Waals surface area (Å²) in [5.74, 6) is 0.281. The van der Waals surface area contributed by atoms with Crippen LogP contribution in [-0.2, 0) is 16.6 Å². The number of aromatic nitrogens is 2. The molecule has 0 aliphatic heterocycles. The molecule has 3 N–H and O–H groups in total. The Kier molecular flexibility index (Phi) is 3.77. The quantitative estimate of drug-likeness (QED) is 0.863. The topological polar surface area (TPSA) is 98.0 Å². The third-order valence-corrected chi connectivity index (χ3v) is 4.05. The molecule has 19 heavy (non-hydrogen) atoms. The van der Waals surface area contributed by atoms with Gasteiger partial charge in [-0.25, -0.2) is 18.1 Å². The third-order valence-electron chi connectivity index (χ3n) is 2.66. The van der Waals surface area contributed by atoms with E-state index in [1.165, 1.54) is 18.3 Å². The van der Waals surface area contributed by atoms with E-state index < -0.39 is 10.0 Å². The first-order valence-corrected chi connectivity index (χ1v) is 7.08. The van der Waals surface area contributed by atoms with Crippen LogP contribution < -0.4 is 10.5 Å². The van der Waals surface area contributed by atoms with Crippen LogP contribution in [0.25, 0.3) is 0 Å². The summed E-state index contributed by atoms with van der Waals surface area (Å²) >= 11 is 0. The van der Waals surface area contributed by atoms with Gasteiger partial charge in [0.2, 0.25) is 10.0 Å². The number of nitrogens with two attached hydrogens (primary N) is 1. The van der Waals surface area contributed by atoms with Gasteiger partial charge in [0.25, 0.3) is 0 Å². The largest absolute Gasteiger partial charge is 0.384 e. The van der Waals surface area contributed by atoms with Crippen LogP contribution >= 0.6 is 0 Å². The molecule has 0 unspecified atom stereocenters. The van der Waals surface area contributed by atoms with Crippen LogP contribution in [-0.4, -0.2) is 18.4 Å². The molecule has 0 radical (unpaired) electrons. The summed E-state index contributed by atoms with van der Waals surface area (Å²) in [5, 5.41) is 0. The van der Waals surface area contributed by atoms with Crippen LogP contribution in [0.2, 0.25) is 0 Å². The van der Waals surface area contributed by atoms with Gasteiger partial charge in [-0.15, -0.1) is 0 Å². The molecule has 0 atom stereocenters. The van der Waals surface area contributed by atoms with Crippen molar-refractivity contribution in [3.05, 3.63) is 47.9 Å². The summed E-state index contributed by atoms with van der Waals surface area (Å²) in [7, 11) is -3.58. The lowest BCUT2D eigenvalue weighted by Gasteiger charge is -2.08. The fourth-order valence-corrected chi connectivity index (χ4v) is 2.46. The van der Waals surface area contributed by atoms with E-state index in [-0.39, 0.29) is 17.3 Å². The number of sulfonamides is 1. The first-order valence-electron chi connectivity index (χ1n) is 5.60. The second-order valence-corrected chi connectivity index (χ2v) is 5.81. The lowest BCUT2D eigenvalue weighted by Crippen LogP contribution is -2.23. The van der Waals surface area contributed by atoms with Crippen molar-refractivity contribution in [3.8, 4) is 0 Å². The monoisotopic (exact) mass is 278 g/mol. The fraction of sp³-hybridized carbons (Fsp3) is 0.167. The van der Waals surface area contributed by atoms with Crippen molar-refractivity contribution in [2.24, 2.45) is 0 Å². The molecule has 0 aliphatic rings. The average molecular weight is 278 g/mol. The zero-order chi connectivity index (χ0) is 13.9. The number of nitrogens with zero attached hydrogens (tertiary/aromatic N) is 2. The third kappa shape index (κ3) is 3.27. The molecule has 0 saturated heterocycles. The minimum atomic E-state index is -3.58. The van der Waals surface area contributed by atoms with Gasteiger partial charge in [-0.1, -0.05) is 0 Å². The standard InChI is InChI=1S/C12H14N4O2S/c1-9-6-14-5-4-10(9)7-16-19(17,18)11-2-3-12(13)15-8-11/h2-6,8,16H,7H2,1H3,(H2,13,15). The van der Waals surface area contributed by atoms with E-state index in [2.05, 4.69) is 14.7 Å². The molecule has 0 fully saturated rings. The molecule has 2 heterocycles. The Morgan fingerprint density at radius 2 is 2.05 bits per heavy atom. The number of hydrogen-bond donors (Lipinski definition) is 2. The highest BCUT2D eigenvalue weighted by Gasteiger charge is 2.14. The molecular weight excluding hydrogens is 264 g/mol. The Hall–Kier alpha value is -1.99. The molecule has 0 spiro atoms. The van der Waals surface area contributed by atoms with Crippen LogP contribution in [0.5, 0.6) is 0 Å². The maximum absolute atomic E-state index is 12.0. The van der Waals surface area contributed by atoms with Gasteiger partial charge in [0.15, 0.2) is 0 Å². The second-order valence-electron chi connectivity index (χ2n) is 4.05. The average Bonchev–Trinajstić information content (AvgIpc) is 2.38. The lowest BCUT2D eigenvalue weighted by atomic mass is 10.2. The summed E-state index contributed by atoms with van der Waals surface area (Å²) in [4.78, 5) is 7.81. The molecule has 0 bridgehead atoms. The zero-order valence-corrected chi connectivity index (χ0v) is 11.2. The van der Waals surface area contributed by atoms with Gasteiger partial charge in [0, 0.05) is 25.1 Å². The number of aryl methyl sites for hydroxylation is 1. The molecule has 2 rings (SSSR count). The maximum Gasteiger partial charge on any atom is 0.242 e. The van der Waals surface area contributed by atoms with Crippen molar-refractivity contribution in [2.45, 2.75) is 18.4 Å². The van der Waals surface area contributed by atoms with Crippen LogP contribution in [0.4, 0.5) is 5.82 Å². The normalized spacial score (nSPS) is 11.4. The summed E-state index contributed by atoms with van der Waals surface area (Å²) in [6, 6.07) is 4.65. The number of pyridine rings is 2. The van der Waals surface area contributed by atoms with E-state index in [0.717, 1.165) is 11.1 Å². The fourth-order valence-electron chi connectivity index (χ4n) is 1.51. The number of nitrogens with one attached hydrogen (secondary N) is 1. The molecule has 0 amide bonds. The van der Waals surface area contributed by atoms with Gasteiger partial charge in [-0.2, -0.15) is 0 Å². The lowest BCUT2D eigenvalue weighted by molar-refractivity contribution is 0.581. The Balaban J connectivity index is 2.14. The van der Waals surface area contributed by atoms with Crippen molar-refractivity contribution < 1.29 is 8.42 Å². The molecule has 0 aromatic carbocycles. The van der Waals surface area contributed by atoms with Crippen LogP contribution in [0.15, 0.2) is 41.7 Å². The van der Waals surface area contributed by atoms with E-state index >= 15 is 0 Å². The van der Waals surface area contributed by atoms with Gasteiger partial charge in [-0.05, 0) is 36.2 Å². The SMILES string of the molecule is Cc1cnccc1CNS(=O)(=O)c1ccc(N)nc1. The number of nitrogen functional groups attached to an aromatic ring is 1. The number of anilines is 1. The molecule has 0 aliphatic carbocycles. The number of rotatable bonds is 4. The molecule has 6 nitrogen and oxygen atoms in total. The van der Waals surface area contributed by atoms with Crippen molar-refractivity contribution in [3.63, 3.8) is 0 Å². The van der Waals surface area contributed by atoms with Gasteiger partial charge in [0.1, 0.15) is 10.7 Å². The van der Waals surface area contributed by atoms with Crippen molar-refractivity contribution in [1.82, 2.24) is 14.7 Å². The Bertz CT molecular complexity index is 668.